The van der Waals surface area contributed by atoms with Crippen molar-refractivity contribution in [3.05, 3.63) is 60.3 Å². The fraction of sp³-hybridized carbons (Fsp3) is 0.0625. The summed E-state index contributed by atoms with van der Waals surface area (Å²) in [5.74, 6) is 0.554. The molecule has 0 saturated carbocycles. The molecule has 0 spiro atoms. The fourth-order valence-corrected chi connectivity index (χ4v) is 2.72. The molecule has 98 valence electrons. The quantitative estimate of drug-likeness (QED) is 0.583. The molecule has 0 radical (unpaired) electrons. The number of hydrogen-bond donors (Lipinski definition) is 2. The number of para-hydroxylation sites is 2. The van der Waals surface area contributed by atoms with Gasteiger partial charge in [-0.25, -0.2) is 4.98 Å². The zero-order valence-electron chi connectivity index (χ0n) is 10.9. The maximum atomic E-state index is 6.06. The number of anilines is 1. The predicted molar refractivity (Wildman–Crippen MR) is 81.5 cm³/mol. The van der Waals surface area contributed by atoms with E-state index in [1.807, 2.05) is 24.4 Å². The average Bonchev–Trinajstić information content (AvgIpc) is 3.05. The number of imidazole rings is 1. The normalized spacial score (nSPS) is 11.4. The van der Waals surface area contributed by atoms with E-state index in [0.717, 1.165) is 23.1 Å². The topological polar surface area (TPSA) is 59.6 Å². The van der Waals surface area contributed by atoms with Crippen LogP contribution in [0.25, 0.3) is 21.9 Å². The molecule has 0 bridgehead atoms. The molecule has 0 atom stereocenters. The highest BCUT2D eigenvalue weighted by Gasteiger charge is 2.09. The summed E-state index contributed by atoms with van der Waals surface area (Å²) < 4.78 is 2.05. The van der Waals surface area contributed by atoms with Gasteiger partial charge in [0, 0.05) is 17.1 Å². The van der Waals surface area contributed by atoms with Gasteiger partial charge in [-0.2, -0.15) is 0 Å². The van der Waals surface area contributed by atoms with Crippen molar-refractivity contribution in [3.63, 3.8) is 0 Å². The van der Waals surface area contributed by atoms with Gasteiger partial charge in [0.25, 0.3) is 0 Å². The first-order valence-corrected chi connectivity index (χ1v) is 6.58. The van der Waals surface area contributed by atoms with Crippen molar-refractivity contribution in [2.75, 3.05) is 5.73 Å². The Balaban J connectivity index is 1.89. The fourth-order valence-electron chi connectivity index (χ4n) is 2.72. The lowest BCUT2D eigenvalue weighted by molar-refractivity contribution is 0.845. The minimum absolute atomic E-state index is 0.554. The van der Waals surface area contributed by atoms with Crippen molar-refractivity contribution in [3.8, 4) is 0 Å². The van der Waals surface area contributed by atoms with E-state index in [1.54, 1.807) is 0 Å². The lowest BCUT2D eigenvalue weighted by atomic mass is 10.1. The van der Waals surface area contributed by atoms with Crippen LogP contribution in [0.15, 0.2) is 54.7 Å². The third-order valence-electron chi connectivity index (χ3n) is 3.70. The third kappa shape index (κ3) is 1.58. The van der Waals surface area contributed by atoms with Crippen molar-refractivity contribution in [1.82, 2.24) is 14.5 Å². The minimum atomic E-state index is 0.554. The van der Waals surface area contributed by atoms with Gasteiger partial charge in [-0.1, -0.05) is 24.3 Å². The highest BCUT2D eigenvalue weighted by atomic mass is 15.1. The van der Waals surface area contributed by atoms with Crippen LogP contribution in [-0.2, 0) is 6.54 Å². The lowest BCUT2D eigenvalue weighted by Crippen LogP contribution is -2.04. The zero-order chi connectivity index (χ0) is 13.5. The lowest BCUT2D eigenvalue weighted by Gasteiger charge is -2.08. The largest absolute Gasteiger partial charge is 0.369 e. The van der Waals surface area contributed by atoms with Gasteiger partial charge < -0.3 is 15.3 Å². The SMILES string of the molecule is Nc1nc2ccccc2n1Cc1cccc2[nH]ccc12. The predicted octanol–water partition coefficient (Wildman–Crippen LogP) is 3.15. The van der Waals surface area contributed by atoms with Crippen LogP contribution in [0.1, 0.15) is 5.56 Å². The Morgan fingerprint density at radius 1 is 1.05 bits per heavy atom. The number of nitrogens with one attached hydrogen (secondary N) is 1. The Kier molecular flexibility index (Phi) is 2.29. The zero-order valence-corrected chi connectivity index (χ0v) is 10.9. The van der Waals surface area contributed by atoms with E-state index in [0.29, 0.717) is 5.95 Å². The molecule has 2 aromatic heterocycles. The first kappa shape index (κ1) is 11.1. The molecule has 4 rings (SSSR count). The number of nitrogen functional groups attached to an aromatic ring is 1. The van der Waals surface area contributed by atoms with Crippen molar-refractivity contribution in [1.29, 1.82) is 0 Å². The van der Waals surface area contributed by atoms with Gasteiger partial charge in [-0.15, -0.1) is 0 Å². The van der Waals surface area contributed by atoms with E-state index in [9.17, 15) is 0 Å². The molecule has 0 aliphatic rings. The van der Waals surface area contributed by atoms with Crippen molar-refractivity contribution in [2.24, 2.45) is 0 Å². The third-order valence-corrected chi connectivity index (χ3v) is 3.70. The number of hydrogen-bond acceptors (Lipinski definition) is 2. The van der Waals surface area contributed by atoms with Gasteiger partial charge in [-0.05, 0) is 29.8 Å². The summed E-state index contributed by atoms with van der Waals surface area (Å²) in [7, 11) is 0. The molecular weight excluding hydrogens is 248 g/mol. The number of rotatable bonds is 2. The van der Waals surface area contributed by atoms with Crippen LogP contribution in [0.3, 0.4) is 0 Å². The smallest absolute Gasteiger partial charge is 0.201 e. The van der Waals surface area contributed by atoms with Gasteiger partial charge in [0.1, 0.15) is 0 Å². The molecule has 0 fully saturated rings. The van der Waals surface area contributed by atoms with Crippen molar-refractivity contribution >= 4 is 27.9 Å². The van der Waals surface area contributed by atoms with Crippen LogP contribution in [0, 0.1) is 0 Å². The monoisotopic (exact) mass is 262 g/mol. The summed E-state index contributed by atoms with van der Waals surface area (Å²) in [6.07, 6.45) is 1.96. The van der Waals surface area contributed by atoms with Crippen LogP contribution in [-0.4, -0.2) is 14.5 Å². The summed E-state index contributed by atoms with van der Waals surface area (Å²) in [6.45, 7) is 0.724. The molecule has 0 unspecified atom stereocenters. The summed E-state index contributed by atoms with van der Waals surface area (Å²) in [5, 5.41) is 1.23. The van der Waals surface area contributed by atoms with Crippen LogP contribution >= 0.6 is 0 Å². The van der Waals surface area contributed by atoms with E-state index in [4.69, 9.17) is 5.73 Å². The number of H-pyrrole nitrogens is 1. The number of fused-ring (bicyclic) bond motifs is 2. The van der Waals surface area contributed by atoms with Gasteiger partial charge in [0.2, 0.25) is 5.95 Å². The molecule has 4 aromatic rings. The molecule has 4 nitrogen and oxygen atoms in total. The van der Waals surface area contributed by atoms with Crippen LogP contribution < -0.4 is 5.73 Å². The van der Waals surface area contributed by atoms with E-state index < -0.39 is 0 Å². The van der Waals surface area contributed by atoms with Gasteiger partial charge >= 0.3 is 0 Å². The first-order chi connectivity index (χ1) is 9.83. The van der Waals surface area contributed by atoms with Crippen LogP contribution in [0.5, 0.6) is 0 Å². The molecule has 0 aliphatic carbocycles. The number of aromatic nitrogens is 3. The molecule has 0 aliphatic heterocycles. The Hall–Kier alpha value is -2.75. The molecule has 4 heteroatoms. The molecule has 20 heavy (non-hydrogen) atoms. The Morgan fingerprint density at radius 3 is 2.90 bits per heavy atom. The number of nitrogens with two attached hydrogens (primary N) is 1. The van der Waals surface area contributed by atoms with E-state index in [-0.39, 0.29) is 0 Å². The second kappa shape index (κ2) is 4.13. The van der Waals surface area contributed by atoms with E-state index in [1.165, 1.54) is 10.9 Å². The van der Waals surface area contributed by atoms with E-state index in [2.05, 4.69) is 44.9 Å². The first-order valence-electron chi connectivity index (χ1n) is 6.58. The highest BCUT2D eigenvalue weighted by Crippen LogP contribution is 2.23. The number of benzene rings is 2. The Labute approximate surface area is 115 Å². The molecular formula is C16H14N4. The Bertz CT molecular complexity index is 901. The molecule has 3 N–H and O–H groups in total. The molecule has 0 saturated heterocycles. The molecule has 2 aromatic carbocycles. The summed E-state index contributed by atoms with van der Waals surface area (Å²) in [6, 6.07) is 16.4. The highest BCUT2D eigenvalue weighted by molar-refractivity contribution is 5.83. The van der Waals surface area contributed by atoms with Crippen LogP contribution in [0.4, 0.5) is 5.95 Å². The maximum Gasteiger partial charge on any atom is 0.201 e. The second-order valence-corrected chi connectivity index (χ2v) is 4.90. The van der Waals surface area contributed by atoms with Crippen molar-refractivity contribution < 1.29 is 0 Å². The van der Waals surface area contributed by atoms with Crippen molar-refractivity contribution in [2.45, 2.75) is 6.54 Å². The molecule has 0 amide bonds. The Morgan fingerprint density at radius 2 is 1.95 bits per heavy atom. The summed E-state index contributed by atoms with van der Waals surface area (Å²) in [5.41, 5.74) is 10.4. The summed E-state index contributed by atoms with van der Waals surface area (Å²) in [4.78, 5) is 7.65. The maximum absolute atomic E-state index is 6.06. The standard InChI is InChI=1S/C16H14N4/c17-16-19-14-5-1-2-7-15(14)20(16)10-11-4-3-6-13-12(11)8-9-18-13/h1-9,18H,10H2,(H2,17,19). The summed E-state index contributed by atoms with van der Waals surface area (Å²) >= 11 is 0. The van der Waals surface area contributed by atoms with Gasteiger partial charge in [-0.3, -0.25) is 0 Å². The minimum Gasteiger partial charge on any atom is -0.369 e. The van der Waals surface area contributed by atoms with Gasteiger partial charge in [0.05, 0.1) is 17.6 Å². The number of aromatic amines is 1. The average molecular weight is 262 g/mol. The van der Waals surface area contributed by atoms with Crippen LogP contribution in [0.2, 0.25) is 0 Å². The number of nitrogens with zero attached hydrogens (tertiary/aromatic N) is 2. The van der Waals surface area contributed by atoms with Gasteiger partial charge in [0.15, 0.2) is 0 Å². The van der Waals surface area contributed by atoms with E-state index >= 15 is 0 Å². The second-order valence-electron chi connectivity index (χ2n) is 4.90. The molecule has 2 heterocycles.